The van der Waals surface area contributed by atoms with Gasteiger partial charge in [-0.05, 0) is 44.9 Å². The number of carbonyl (C=O) groups is 2. The first-order valence-electron chi connectivity index (χ1n) is 9.02. The number of piperazine rings is 1. The Morgan fingerprint density at radius 1 is 1.16 bits per heavy atom. The zero-order valence-electron chi connectivity index (χ0n) is 15.2. The highest BCUT2D eigenvalue weighted by Gasteiger charge is 2.31. The molecule has 0 atom stereocenters. The maximum Gasteiger partial charge on any atom is 0.337 e. The second-order valence-electron chi connectivity index (χ2n) is 7.10. The molecule has 0 radical (unpaired) electrons. The van der Waals surface area contributed by atoms with E-state index in [0.717, 1.165) is 44.7 Å². The van der Waals surface area contributed by atoms with E-state index in [1.807, 2.05) is 6.07 Å². The smallest absolute Gasteiger partial charge is 0.337 e. The quantitative estimate of drug-likeness (QED) is 0.830. The number of hydrogen-bond donors (Lipinski definition) is 1. The minimum absolute atomic E-state index is 0.0454. The van der Waals surface area contributed by atoms with Gasteiger partial charge in [-0.25, -0.2) is 4.79 Å². The first-order chi connectivity index (χ1) is 12.0. The summed E-state index contributed by atoms with van der Waals surface area (Å²) in [5.41, 5.74) is 2.14. The van der Waals surface area contributed by atoms with Crippen LogP contribution in [0.5, 0.6) is 0 Å². The third-order valence-electron chi connectivity index (χ3n) is 5.01. The molecule has 1 N–H and O–H groups in total. The van der Waals surface area contributed by atoms with Gasteiger partial charge in [0.25, 0.3) is 0 Å². The SMILES string of the molecule is COC(=O)c1ccc(N2CCN(C(C)C)CC2)c(NC(=O)C2CC2)c1. The molecular weight excluding hydrogens is 318 g/mol. The molecule has 1 aromatic rings. The van der Waals surface area contributed by atoms with Crippen molar-refractivity contribution < 1.29 is 14.3 Å². The van der Waals surface area contributed by atoms with Crippen molar-refractivity contribution in [3.05, 3.63) is 23.8 Å². The number of ether oxygens (including phenoxy) is 1. The van der Waals surface area contributed by atoms with Gasteiger partial charge in [0.2, 0.25) is 5.91 Å². The first kappa shape index (κ1) is 17.7. The predicted octanol–water partition coefficient (Wildman–Crippen LogP) is 2.35. The number of benzene rings is 1. The van der Waals surface area contributed by atoms with Crippen molar-refractivity contribution in [2.75, 3.05) is 43.5 Å². The number of amides is 1. The van der Waals surface area contributed by atoms with E-state index < -0.39 is 5.97 Å². The molecule has 6 heteroatoms. The molecule has 1 aliphatic carbocycles. The van der Waals surface area contributed by atoms with Gasteiger partial charge >= 0.3 is 5.97 Å². The summed E-state index contributed by atoms with van der Waals surface area (Å²) in [4.78, 5) is 28.8. The lowest BCUT2D eigenvalue weighted by Gasteiger charge is -2.38. The average molecular weight is 345 g/mol. The molecule has 0 aromatic heterocycles. The number of esters is 1. The number of anilines is 2. The molecule has 0 bridgehead atoms. The van der Waals surface area contributed by atoms with Crippen molar-refractivity contribution >= 4 is 23.3 Å². The van der Waals surface area contributed by atoms with Gasteiger partial charge in [0.15, 0.2) is 0 Å². The molecule has 1 saturated heterocycles. The van der Waals surface area contributed by atoms with Gasteiger partial charge < -0.3 is 15.0 Å². The Morgan fingerprint density at radius 3 is 2.40 bits per heavy atom. The van der Waals surface area contributed by atoms with Crippen molar-refractivity contribution in [3.63, 3.8) is 0 Å². The lowest BCUT2D eigenvalue weighted by Crippen LogP contribution is -2.49. The zero-order chi connectivity index (χ0) is 18.0. The molecule has 1 aromatic carbocycles. The van der Waals surface area contributed by atoms with Gasteiger partial charge in [0.1, 0.15) is 0 Å². The molecule has 0 unspecified atom stereocenters. The minimum atomic E-state index is -0.391. The predicted molar refractivity (Wildman–Crippen MR) is 98.1 cm³/mol. The van der Waals surface area contributed by atoms with Crippen molar-refractivity contribution in [2.45, 2.75) is 32.7 Å². The highest BCUT2D eigenvalue weighted by atomic mass is 16.5. The number of hydrogen-bond acceptors (Lipinski definition) is 5. The summed E-state index contributed by atoms with van der Waals surface area (Å²) in [7, 11) is 1.36. The van der Waals surface area contributed by atoms with Crippen molar-refractivity contribution in [1.82, 2.24) is 4.90 Å². The van der Waals surface area contributed by atoms with Crippen molar-refractivity contribution in [3.8, 4) is 0 Å². The van der Waals surface area contributed by atoms with Crippen LogP contribution in [0.25, 0.3) is 0 Å². The Hall–Kier alpha value is -2.08. The summed E-state index contributed by atoms with van der Waals surface area (Å²) in [6, 6.07) is 5.96. The van der Waals surface area contributed by atoms with Crippen LogP contribution >= 0.6 is 0 Å². The molecule has 6 nitrogen and oxygen atoms in total. The van der Waals surface area contributed by atoms with E-state index in [0.29, 0.717) is 17.3 Å². The van der Waals surface area contributed by atoms with Gasteiger partial charge in [-0.3, -0.25) is 9.69 Å². The summed E-state index contributed by atoms with van der Waals surface area (Å²) in [6.45, 7) is 8.22. The first-order valence-corrected chi connectivity index (χ1v) is 9.02. The Balaban J connectivity index is 1.81. The van der Waals surface area contributed by atoms with E-state index >= 15 is 0 Å². The van der Waals surface area contributed by atoms with Gasteiger partial charge in [0.05, 0.1) is 24.0 Å². The van der Waals surface area contributed by atoms with Crippen LogP contribution in [0.15, 0.2) is 18.2 Å². The fourth-order valence-electron chi connectivity index (χ4n) is 3.22. The topological polar surface area (TPSA) is 61.9 Å². The molecule has 1 saturated carbocycles. The van der Waals surface area contributed by atoms with Crippen molar-refractivity contribution in [1.29, 1.82) is 0 Å². The number of rotatable bonds is 5. The molecule has 0 spiro atoms. The van der Waals surface area contributed by atoms with Crippen LogP contribution < -0.4 is 10.2 Å². The van der Waals surface area contributed by atoms with Crippen LogP contribution in [0.4, 0.5) is 11.4 Å². The fourth-order valence-corrected chi connectivity index (χ4v) is 3.22. The number of carbonyl (C=O) groups excluding carboxylic acids is 2. The molecule has 1 amide bonds. The van der Waals surface area contributed by atoms with Crippen LogP contribution in [0, 0.1) is 5.92 Å². The van der Waals surface area contributed by atoms with Gasteiger partial charge in [-0.1, -0.05) is 0 Å². The highest BCUT2D eigenvalue weighted by molar-refractivity contribution is 5.99. The summed E-state index contributed by atoms with van der Waals surface area (Å²) in [6.07, 6.45) is 1.90. The van der Waals surface area contributed by atoms with Crippen LogP contribution in [0.1, 0.15) is 37.0 Å². The van der Waals surface area contributed by atoms with Gasteiger partial charge in [-0.15, -0.1) is 0 Å². The number of nitrogens with zero attached hydrogens (tertiary/aromatic N) is 2. The van der Waals surface area contributed by atoms with Gasteiger partial charge in [-0.2, -0.15) is 0 Å². The largest absolute Gasteiger partial charge is 0.465 e. The maximum atomic E-state index is 12.2. The van der Waals surface area contributed by atoms with E-state index in [1.165, 1.54) is 7.11 Å². The second-order valence-corrected chi connectivity index (χ2v) is 7.10. The molecule has 25 heavy (non-hydrogen) atoms. The summed E-state index contributed by atoms with van der Waals surface area (Å²) in [5.74, 6) is -0.227. The Kier molecular flexibility index (Phi) is 5.27. The fraction of sp³-hybridized carbons (Fsp3) is 0.579. The zero-order valence-corrected chi connectivity index (χ0v) is 15.2. The van der Waals surface area contributed by atoms with Crippen LogP contribution in [-0.2, 0) is 9.53 Å². The molecule has 1 aliphatic heterocycles. The molecule has 2 fully saturated rings. The van der Waals surface area contributed by atoms with E-state index in [-0.39, 0.29) is 11.8 Å². The van der Waals surface area contributed by atoms with E-state index in [2.05, 4.69) is 29.0 Å². The maximum absolute atomic E-state index is 12.2. The Morgan fingerprint density at radius 2 is 1.84 bits per heavy atom. The van der Waals surface area contributed by atoms with Crippen LogP contribution in [0.3, 0.4) is 0 Å². The Labute approximate surface area is 149 Å². The van der Waals surface area contributed by atoms with Crippen LogP contribution in [-0.4, -0.2) is 56.1 Å². The standard InChI is InChI=1S/C19H27N3O3/c1-13(2)21-8-10-22(11-9-21)17-7-6-15(19(24)25-3)12-16(17)20-18(23)14-4-5-14/h6-7,12-14H,4-5,8-11H2,1-3H3,(H,20,23). The monoisotopic (exact) mass is 345 g/mol. The summed E-state index contributed by atoms with van der Waals surface area (Å²) in [5, 5.41) is 3.02. The second kappa shape index (κ2) is 7.44. The van der Waals surface area contributed by atoms with E-state index in [9.17, 15) is 9.59 Å². The van der Waals surface area contributed by atoms with Crippen molar-refractivity contribution in [2.24, 2.45) is 5.92 Å². The summed E-state index contributed by atoms with van der Waals surface area (Å²) >= 11 is 0. The summed E-state index contributed by atoms with van der Waals surface area (Å²) < 4.78 is 4.81. The average Bonchev–Trinajstić information content (AvgIpc) is 3.46. The molecule has 2 aliphatic rings. The lowest BCUT2D eigenvalue weighted by molar-refractivity contribution is -0.117. The molecular formula is C19H27N3O3. The minimum Gasteiger partial charge on any atom is -0.465 e. The normalized spacial score (nSPS) is 18.3. The lowest BCUT2D eigenvalue weighted by atomic mass is 10.1. The van der Waals surface area contributed by atoms with Crippen LogP contribution in [0.2, 0.25) is 0 Å². The number of methoxy groups -OCH3 is 1. The number of nitrogens with one attached hydrogen (secondary N) is 1. The Bertz CT molecular complexity index is 647. The third kappa shape index (κ3) is 4.12. The highest BCUT2D eigenvalue weighted by Crippen LogP contribution is 2.33. The third-order valence-corrected chi connectivity index (χ3v) is 5.01. The van der Waals surface area contributed by atoms with E-state index in [4.69, 9.17) is 4.74 Å². The molecule has 1 heterocycles. The van der Waals surface area contributed by atoms with Gasteiger partial charge in [0, 0.05) is 38.1 Å². The molecule has 3 rings (SSSR count). The van der Waals surface area contributed by atoms with E-state index in [1.54, 1.807) is 12.1 Å². The molecule has 136 valence electrons.